The van der Waals surface area contributed by atoms with Crippen molar-refractivity contribution in [1.82, 2.24) is 4.98 Å². The van der Waals surface area contributed by atoms with Crippen LogP contribution in [0.5, 0.6) is 5.75 Å². The van der Waals surface area contributed by atoms with Crippen molar-refractivity contribution in [3.8, 4) is 5.75 Å². The number of anilines is 1. The average molecular weight is 242 g/mol. The Morgan fingerprint density at radius 3 is 2.78 bits per heavy atom. The number of pyridine rings is 1. The summed E-state index contributed by atoms with van der Waals surface area (Å²) in [6, 6.07) is 14.1. The van der Waals surface area contributed by atoms with Gasteiger partial charge in [0.05, 0.1) is 7.11 Å². The monoisotopic (exact) mass is 242 g/mol. The number of benzene rings is 1. The highest BCUT2D eigenvalue weighted by atomic mass is 16.5. The lowest BCUT2D eigenvalue weighted by molar-refractivity contribution is 0.414. The van der Waals surface area contributed by atoms with E-state index in [1.807, 2.05) is 37.3 Å². The van der Waals surface area contributed by atoms with Gasteiger partial charge in [0.2, 0.25) is 0 Å². The smallest absolute Gasteiger partial charge is 0.126 e. The first-order valence-corrected chi connectivity index (χ1v) is 6.08. The van der Waals surface area contributed by atoms with Crippen molar-refractivity contribution < 1.29 is 4.74 Å². The number of ether oxygens (including phenoxy) is 1. The lowest BCUT2D eigenvalue weighted by Gasteiger charge is -2.07. The van der Waals surface area contributed by atoms with Gasteiger partial charge in [-0.2, -0.15) is 0 Å². The van der Waals surface area contributed by atoms with E-state index in [2.05, 4.69) is 22.4 Å². The molecule has 3 nitrogen and oxygen atoms in total. The number of hydrogen-bond acceptors (Lipinski definition) is 3. The van der Waals surface area contributed by atoms with Crippen molar-refractivity contribution in [2.24, 2.45) is 0 Å². The molecule has 3 heteroatoms. The number of nitrogens with zero attached hydrogens (tertiary/aromatic N) is 1. The van der Waals surface area contributed by atoms with Gasteiger partial charge < -0.3 is 10.1 Å². The van der Waals surface area contributed by atoms with Crippen LogP contribution >= 0.6 is 0 Å². The average Bonchev–Trinajstić information content (AvgIpc) is 2.39. The van der Waals surface area contributed by atoms with Gasteiger partial charge in [-0.05, 0) is 43.2 Å². The van der Waals surface area contributed by atoms with Crippen LogP contribution in [-0.2, 0) is 6.42 Å². The van der Waals surface area contributed by atoms with Gasteiger partial charge in [0.15, 0.2) is 0 Å². The number of nitrogens with one attached hydrogen (secondary N) is 1. The van der Waals surface area contributed by atoms with Crippen molar-refractivity contribution in [3.05, 3.63) is 53.7 Å². The molecule has 0 bridgehead atoms. The van der Waals surface area contributed by atoms with Gasteiger partial charge in [-0.25, -0.2) is 4.98 Å². The minimum Gasteiger partial charge on any atom is -0.497 e. The van der Waals surface area contributed by atoms with Gasteiger partial charge in [0, 0.05) is 12.2 Å². The molecule has 2 rings (SSSR count). The Morgan fingerprint density at radius 1 is 1.17 bits per heavy atom. The van der Waals surface area contributed by atoms with E-state index in [0.717, 1.165) is 30.2 Å². The van der Waals surface area contributed by atoms with Crippen LogP contribution in [0.15, 0.2) is 42.5 Å². The zero-order valence-electron chi connectivity index (χ0n) is 10.8. The first-order valence-electron chi connectivity index (χ1n) is 6.08. The topological polar surface area (TPSA) is 34.1 Å². The van der Waals surface area contributed by atoms with Crippen LogP contribution in [0.4, 0.5) is 5.82 Å². The molecule has 0 atom stereocenters. The molecule has 0 fully saturated rings. The van der Waals surface area contributed by atoms with Gasteiger partial charge >= 0.3 is 0 Å². The standard InChI is InChI=1S/C15H18N2O/c1-12-5-3-8-15(17-12)16-10-9-13-6-4-7-14(11-13)18-2/h3-8,11H,9-10H2,1-2H3,(H,16,17). The molecule has 0 saturated carbocycles. The van der Waals surface area contributed by atoms with Crippen LogP contribution in [0, 0.1) is 6.92 Å². The van der Waals surface area contributed by atoms with Gasteiger partial charge in [-0.3, -0.25) is 0 Å². The predicted octanol–water partition coefficient (Wildman–Crippen LogP) is 3.05. The molecule has 0 aliphatic heterocycles. The molecule has 18 heavy (non-hydrogen) atoms. The molecule has 1 aromatic carbocycles. The number of aryl methyl sites for hydroxylation is 1. The Kier molecular flexibility index (Phi) is 4.18. The molecule has 0 aliphatic rings. The summed E-state index contributed by atoms with van der Waals surface area (Å²) in [4.78, 5) is 4.40. The molecule has 94 valence electrons. The normalized spacial score (nSPS) is 10.1. The quantitative estimate of drug-likeness (QED) is 0.875. The molecule has 1 N–H and O–H groups in total. The third-order valence-electron chi connectivity index (χ3n) is 2.74. The summed E-state index contributed by atoms with van der Waals surface area (Å²) < 4.78 is 5.20. The summed E-state index contributed by atoms with van der Waals surface area (Å²) in [6.45, 7) is 2.86. The minimum absolute atomic E-state index is 0.865. The molecule has 1 aromatic heterocycles. The molecular weight excluding hydrogens is 224 g/mol. The number of rotatable bonds is 5. The molecule has 0 spiro atoms. The molecule has 0 amide bonds. The van der Waals surface area contributed by atoms with Crippen molar-refractivity contribution in [3.63, 3.8) is 0 Å². The highest BCUT2D eigenvalue weighted by molar-refractivity contribution is 5.36. The van der Waals surface area contributed by atoms with Gasteiger partial charge in [0.25, 0.3) is 0 Å². The number of hydrogen-bond donors (Lipinski definition) is 1. The summed E-state index contributed by atoms with van der Waals surface area (Å²) in [5.41, 5.74) is 2.29. The Balaban J connectivity index is 1.88. The fourth-order valence-electron chi connectivity index (χ4n) is 1.80. The highest BCUT2D eigenvalue weighted by Crippen LogP contribution is 2.13. The molecule has 0 saturated heterocycles. The summed E-state index contributed by atoms with van der Waals surface area (Å²) in [5.74, 6) is 1.83. The van der Waals surface area contributed by atoms with Crippen LogP contribution < -0.4 is 10.1 Å². The fraction of sp³-hybridized carbons (Fsp3) is 0.267. The highest BCUT2D eigenvalue weighted by Gasteiger charge is 1.97. The SMILES string of the molecule is COc1cccc(CCNc2cccc(C)n2)c1. The molecule has 2 aromatic rings. The zero-order chi connectivity index (χ0) is 12.8. The maximum Gasteiger partial charge on any atom is 0.126 e. The summed E-state index contributed by atoms with van der Waals surface area (Å²) in [7, 11) is 1.69. The van der Waals surface area contributed by atoms with Gasteiger partial charge in [0.1, 0.15) is 11.6 Å². The lowest BCUT2D eigenvalue weighted by atomic mass is 10.1. The van der Waals surface area contributed by atoms with E-state index in [9.17, 15) is 0 Å². The Morgan fingerprint density at radius 2 is 2.00 bits per heavy atom. The third kappa shape index (κ3) is 3.48. The van der Waals surface area contributed by atoms with Crippen LogP contribution in [0.1, 0.15) is 11.3 Å². The summed E-state index contributed by atoms with van der Waals surface area (Å²) in [5, 5.41) is 3.32. The predicted molar refractivity (Wildman–Crippen MR) is 74.2 cm³/mol. The van der Waals surface area contributed by atoms with Crippen molar-refractivity contribution >= 4 is 5.82 Å². The van der Waals surface area contributed by atoms with E-state index in [-0.39, 0.29) is 0 Å². The maximum absolute atomic E-state index is 5.20. The van der Waals surface area contributed by atoms with Crippen LogP contribution in [0.2, 0.25) is 0 Å². The van der Waals surface area contributed by atoms with Crippen molar-refractivity contribution in [2.75, 3.05) is 19.0 Å². The second kappa shape index (κ2) is 6.05. The first-order chi connectivity index (χ1) is 8.78. The molecule has 0 radical (unpaired) electrons. The summed E-state index contributed by atoms with van der Waals surface area (Å²) >= 11 is 0. The second-order valence-corrected chi connectivity index (χ2v) is 4.19. The van der Waals surface area contributed by atoms with Crippen molar-refractivity contribution in [1.29, 1.82) is 0 Å². The molecule has 0 aliphatic carbocycles. The molecule has 0 unspecified atom stereocenters. The second-order valence-electron chi connectivity index (χ2n) is 4.19. The third-order valence-corrected chi connectivity index (χ3v) is 2.74. The number of aromatic nitrogens is 1. The van der Waals surface area contributed by atoms with E-state index in [4.69, 9.17) is 4.74 Å². The fourth-order valence-corrected chi connectivity index (χ4v) is 1.80. The lowest BCUT2D eigenvalue weighted by Crippen LogP contribution is -2.06. The van der Waals surface area contributed by atoms with Crippen molar-refractivity contribution in [2.45, 2.75) is 13.3 Å². The number of methoxy groups -OCH3 is 1. The largest absolute Gasteiger partial charge is 0.497 e. The Bertz CT molecular complexity index is 511. The maximum atomic E-state index is 5.20. The Hall–Kier alpha value is -2.03. The van der Waals surface area contributed by atoms with E-state index in [1.165, 1.54) is 5.56 Å². The zero-order valence-corrected chi connectivity index (χ0v) is 10.8. The van der Waals surface area contributed by atoms with E-state index in [1.54, 1.807) is 7.11 Å². The Labute approximate surface area is 108 Å². The minimum atomic E-state index is 0.865. The van der Waals surface area contributed by atoms with E-state index >= 15 is 0 Å². The van der Waals surface area contributed by atoms with Crippen LogP contribution in [0.25, 0.3) is 0 Å². The molecular formula is C15H18N2O. The van der Waals surface area contributed by atoms with E-state index in [0.29, 0.717) is 0 Å². The van der Waals surface area contributed by atoms with E-state index < -0.39 is 0 Å². The van der Waals surface area contributed by atoms with Gasteiger partial charge in [-0.15, -0.1) is 0 Å². The van der Waals surface area contributed by atoms with Crippen LogP contribution in [-0.4, -0.2) is 18.6 Å². The summed E-state index contributed by atoms with van der Waals surface area (Å²) in [6.07, 6.45) is 0.951. The molecule has 1 heterocycles. The first kappa shape index (κ1) is 12.4. The van der Waals surface area contributed by atoms with Crippen LogP contribution in [0.3, 0.4) is 0 Å². The van der Waals surface area contributed by atoms with Gasteiger partial charge in [-0.1, -0.05) is 18.2 Å².